The van der Waals surface area contributed by atoms with Crippen LogP contribution in [0.1, 0.15) is 12.5 Å². The smallest absolute Gasteiger partial charge is 0.482 e. The average molecular weight is 298 g/mol. The number of para-hydroxylation sites is 1. The van der Waals surface area contributed by atoms with Crippen LogP contribution in [-0.4, -0.2) is 24.5 Å². The standard InChI is InChI=1S/C16H15BO5/c1-11(18)9-20-14-8-7-12-10-21-17(19)15(12)16(14)22-13-5-3-2-4-6-13/h2-8,19H,9-10H2,1H3. The molecule has 2 aromatic rings. The van der Waals surface area contributed by atoms with Crippen molar-refractivity contribution in [1.29, 1.82) is 0 Å². The Bertz CT molecular complexity index is 686. The van der Waals surface area contributed by atoms with Crippen molar-refractivity contribution in [2.75, 3.05) is 6.61 Å². The highest BCUT2D eigenvalue weighted by molar-refractivity contribution is 6.62. The molecule has 0 unspecified atom stereocenters. The number of Topliss-reactive ketones (excluding diaryl/α,β-unsaturated/α-hetero) is 1. The molecule has 1 heterocycles. The lowest BCUT2D eigenvalue weighted by Gasteiger charge is -2.15. The molecule has 0 spiro atoms. The number of ether oxygens (including phenoxy) is 2. The zero-order chi connectivity index (χ0) is 15.5. The Labute approximate surface area is 128 Å². The number of carbonyl (C=O) groups is 1. The maximum Gasteiger partial charge on any atom is 0.495 e. The van der Waals surface area contributed by atoms with Gasteiger partial charge in [0.05, 0.1) is 6.61 Å². The van der Waals surface area contributed by atoms with Gasteiger partial charge in [0.2, 0.25) is 0 Å². The van der Waals surface area contributed by atoms with Crippen LogP contribution < -0.4 is 14.9 Å². The first-order valence-electron chi connectivity index (χ1n) is 6.95. The van der Waals surface area contributed by atoms with Gasteiger partial charge in [-0.2, -0.15) is 0 Å². The van der Waals surface area contributed by atoms with Gasteiger partial charge >= 0.3 is 7.12 Å². The molecule has 1 aliphatic rings. The van der Waals surface area contributed by atoms with Gasteiger partial charge in [0.25, 0.3) is 0 Å². The van der Waals surface area contributed by atoms with Crippen molar-refractivity contribution in [3.8, 4) is 17.2 Å². The molecule has 22 heavy (non-hydrogen) atoms. The molecule has 0 radical (unpaired) electrons. The van der Waals surface area contributed by atoms with E-state index in [-0.39, 0.29) is 12.4 Å². The van der Waals surface area contributed by atoms with Crippen molar-refractivity contribution in [3.05, 3.63) is 48.0 Å². The van der Waals surface area contributed by atoms with Crippen molar-refractivity contribution in [2.24, 2.45) is 0 Å². The van der Waals surface area contributed by atoms with E-state index in [0.717, 1.165) is 5.56 Å². The summed E-state index contributed by atoms with van der Waals surface area (Å²) in [7, 11) is -1.06. The highest BCUT2D eigenvalue weighted by Gasteiger charge is 2.33. The highest BCUT2D eigenvalue weighted by Crippen LogP contribution is 2.33. The number of ketones is 1. The maximum atomic E-state index is 11.1. The Balaban J connectivity index is 1.99. The zero-order valence-corrected chi connectivity index (χ0v) is 12.1. The van der Waals surface area contributed by atoms with Crippen LogP contribution in [-0.2, 0) is 16.1 Å². The summed E-state index contributed by atoms with van der Waals surface area (Å²) in [5, 5.41) is 10.0. The lowest BCUT2D eigenvalue weighted by atomic mass is 9.78. The normalized spacial score (nSPS) is 12.9. The minimum absolute atomic E-state index is 0.0547. The van der Waals surface area contributed by atoms with Crippen LogP contribution >= 0.6 is 0 Å². The highest BCUT2D eigenvalue weighted by atomic mass is 16.5. The monoisotopic (exact) mass is 298 g/mol. The maximum absolute atomic E-state index is 11.1. The summed E-state index contributed by atoms with van der Waals surface area (Å²) in [6.07, 6.45) is 0. The molecule has 0 amide bonds. The van der Waals surface area contributed by atoms with Gasteiger partial charge in [-0.1, -0.05) is 24.3 Å². The van der Waals surface area contributed by atoms with Gasteiger partial charge in [-0.3, -0.25) is 4.79 Å². The van der Waals surface area contributed by atoms with Gasteiger partial charge in [0.15, 0.2) is 17.3 Å². The number of rotatable bonds is 5. The van der Waals surface area contributed by atoms with Crippen LogP contribution in [0, 0.1) is 0 Å². The lowest BCUT2D eigenvalue weighted by molar-refractivity contribution is -0.118. The van der Waals surface area contributed by atoms with Crippen molar-refractivity contribution in [2.45, 2.75) is 13.5 Å². The molecule has 2 aromatic carbocycles. The van der Waals surface area contributed by atoms with Gasteiger partial charge < -0.3 is 19.2 Å². The summed E-state index contributed by atoms with van der Waals surface area (Å²) in [6, 6.07) is 12.7. The van der Waals surface area contributed by atoms with Crippen molar-refractivity contribution in [3.63, 3.8) is 0 Å². The molecular weight excluding hydrogens is 283 g/mol. The molecule has 0 fully saturated rings. The molecule has 6 heteroatoms. The van der Waals surface area contributed by atoms with Crippen LogP contribution in [0.4, 0.5) is 0 Å². The molecule has 0 saturated heterocycles. The van der Waals surface area contributed by atoms with E-state index in [1.54, 1.807) is 24.3 Å². The van der Waals surface area contributed by atoms with E-state index in [2.05, 4.69) is 0 Å². The van der Waals surface area contributed by atoms with Crippen molar-refractivity contribution < 1.29 is 23.9 Å². The topological polar surface area (TPSA) is 65.0 Å². The molecule has 1 aliphatic heterocycles. The molecule has 0 aliphatic carbocycles. The zero-order valence-electron chi connectivity index (χ0n) is 12.1. The molecule has 3 rings (SSSR count). The van der Waals surface area contributed by atoms with Gasteiger partial charge in [0.1, 0.15) is 12.4 Å². The van der Waals surface area contributed by atoms with E-state index < -0.39 is 7.12 Å². The van der Waals surface area contributed by atoms with Crippen molar-refractivity contribution in [1.82, 2.24) is 0 Å². The number of fused-ring (bicyclic) bond motifs is 1. The first-order valence-corrected chi connectivity index (χ1v) is 6.95. The average Bonchev–Trinajstić information content (AvgIpc) is 2.89. The number of hydrogen-bond acceptors (Lipinski definition) is 5. The first-order chi connectivity index (χ1) is 10.6. The molecule has 1 N–H and O–H groups in total. The summed E-state index contributed by atoms with van der Waals surface area (Å²) >= 11 is 0. The number of carbonyl (C=O) groups excluding carboxylic acids is 1. The molecule has 0 atom stereocenters. The number of benzene rings is 2. The van der Waals surface area contributed by atoms with E-state index in [9.17, 15) is 9.82 Å². The molecule has 0 aromatic heterocycles. The predicted molar refractivity (Wildman–Crippen MR) is 81.5 cm³/mol. The van der Waals surface area contributed by atoms with Gasteiger partial charge in [-0.15, -0.1) is 0 Å². The van der Waals surface area contributed by atoms with Crippen LogP contribution in [0.15, 0.2) is 42.5 Å². The van der Waals surface area contributed by atoms with Gasteiger partial charge in [0, 0.05) is 5.46 Å². The summed E-state index contributed by atoms with van der Waals surface area (Å²) in [5.74, 6) is 1.31. The SMILES string of the molecule is CC(=O)COc1ccc2c(c1Oc1ccccc1)B(O)OC2. The second-order valence-electron chi connectivity index (χ2n) is 5.03. The van der Waals surface area contributed by atoms with Crippen LogP contribution in [0.3, 0.4) is 0 Å². The lowest BCUT2D eigenvalue weighted by Crippen LogP contribution is -2.30. The third kappa shape index (κ3) is 2.98. The quantitative estimate of drug-likeness (QED) is 0.851. The molecule has 5 nitrogen and oxygen atoms in total. The van der Waals surface area contributed by atoms with Crippen LogP contribution in [0.2, 0.25) is 0 Å². The Kier molecular flexibility index (Phi) is 4.13. The second kappa shape index (κ2) is 6.21. The van der Waals surface area contributed by atoms with E-state index in [0.29, 0.717) is 29.3 Å². The fourth-order valence-electron chi connectivity index (χ4n) is 2.27. The third-order valence-corrected chi connectivity index (χ3v) is 3.29. The van der Waals surface area contributed by atoms with E-state index in [1.807, 2.05) is 18.2 Å². The molecule has 0 bridgehead atoms. The van der Waals surface area contributed by atoms with Crippen LogP contribution in [0.25, 0.3) is 0 Å². The fraction of sp³-hybridized carbons (Fsp3) is 0.188. The summed E-state index contributed by atoms with van der Waals surface area (Å²) in [4.78, 5) is 11.1. The minimum Gasteiger partial charge on any atom is -0.482 e. The Morgan fingerprint density at radius 3 is 2.77 bits per heavy atom. The number of hydrogen-bond donors (Lipinski definition) is 1. The minimum atomic E-state index is -1.06. The summed E-state index contributed by atoms with van der Waals surface area (Å²) < 4.78 is 16.6. The largest absolute Gasteiger partial charge is 0.495 e. The summed E-state index contributed by atoms with van der Waals surface area (Å²) in [5.41, 5.74) is 1.39. The van der Waals surface area contributed by atoms with E-state index in [4.69, 9.17) is 14.1 Å². The van der Waals surface area contributed by atoms with Gasteiger partial charge in [-0.05, 0) is 30.7 Å². The molecular formula is C16H15BO5. The second-order valence-corrected chi connectivity index (χ2v) is 5.03. The van der Waals surface area contributed by atoms with Gasteiger partial charge in [-0.25, -0.2) is 0 Å². The van der Waals surface area contributed by atoms with E-state index in [1.165, 1.54) is 6.92 Å². The Hall–Kier alpha value is -2.31. The van der Waals surface area contributed by atoms with Crippen LogP contribution in [0.5, 0.6) is 17.2 Å². The molecule has 112 valence electrons. The summed E-state index contributed by atoms with van der Waals surface area (Å²) in [6.45, 7) is 1.71. The predicted octanol–water partition coefficient (Wildman–Crippen LogP) is 1.66. The molecule has 0 saturated carbocycles. The Morgan fingerprint density at radius 2 is 2.05 bits per heavy atom. The fourth-order valence-corrected chi connectivity index (χ4v) is 2.27. The first kappa shape index (κ1) is 14.6. The van der Waals surface area contributed by atoms with E-state index >= 15 is 0 Å². The third-order valence-electron chi connectivity index (χ3n) is 3.29. The Morgan fingerprint density at radius 1 is 1.27 bits per heavy atom. The van der Waals surface area contributed by atoms with Crippen molar-refractivity contribution >= 4 is 18.4 Å².